The van der Waals surface area contributed by atoms with Crippen LogP contribution in [-0.2, 0) is 6.54 Å². The van der Waals surface area contributed by atoms with Crippen LogP contribution in [0.3, 0.4) is 0 Å². The molecule has 2 heterocycles. The second kappa shape index (κ2) is 4.83. The average molecular weight is 272 g/mol. The highest BCUT2D eigenvalue weighted by atomic mass is 16.6. The molecule has 4 rings (SSSR count). The third-order valence-electron chi connectivity index (χ3n) is 3.50. The molecule has 1 aromatic heterocycles. The Balaban J connectivity index is 1.60. The van der Waals surface area contributed by atoms with Gasteiger partial charge in [-0.05, 0) is 25.0 Å². The number of aromatic nitrogens is 1. The number of hydrogen-bond donors (Lipinski definition) is 1. The van der Waals surface area contributed by atoms with Crippen molar-refractivity contribution in [1.29, 1.82) is 0 Å². The largest absolute Gasteiger partial charge is 0.486 e. The Morgan fingerprint density at radius 3 is 3.00 bits per heavy atom. The second-order valence-electron chi connectivity index (χ2n) is 5.13. The van der Waals surface area contributed by atoms with Crippen molar-refractivity contribution in [1.82, 2.24) is 10.3 Å². The van der Waals surface area contributed by atoms with E-state index in [0.29, 0.717) is 25.1 Å². The van der Waals surface area contributed by atoms with Crippen molar-refractivity contribution in [3.05, 3.63) is 30.2 Å². The van der Waals surface area contributed by atoms with Gasteiger partial charge >= 0.3 is 0 Å². The number of fused-ring (bicyclic) bond motifs is 1. The Kier molecular flexibility index (Phi) is 2.85. The van der Waals surface area contributed by atoms with Crippen LogP contribution in [0.15, 0.2) is 28.9 Å². The molecule has 0 unspecified atom stereocenters. The van der Waals surface area contributed by atoms with E-state index in [9.17, 15) is 0 Å². The van der Waals surface area contributed by atoms with Crippen LogP contribution in [0.5, 0.6) is 11.5 Å². The van der Waals surface area contributed by atoms with Crippen molar-refractivity contribution >= 4 is 0 Å². The lowest BCUT2D eigenvalue weighted by atomic mass is 10.1. The summed E-state index contributed by atoms with van der Waals surface area (Å²) in [4.78, 5) is 4.52. The van der Waals surface area contributed by atoms with Crippen molar-refractivity contribution in [2.75, 3.05) is 13.2 Å². The number of hydrogen-bond acceptors (Lipinski definition) is 5. The highest BCUT2D eigenvalue weighted by molar-refractivity contribution is 5.68. The first kappa shape index (κ1) is 11.8. The van der Waals surface area contributed by atoms with Crippen molar-refractivity contribution in [2.24, 2.45) is 0 Å². The third-order valence-corrected chi connectivity index (χ3v) is 3.50. The summed E-state index contributed by atoms with van der Waals surface area (Å²) < 4.78 is 16.8. The number of nitrogens with one attached hydrogen (secondary N) is 1. The summed E-state index contributed by atoms with van der Waals surface area (Å²) in [5.41, 5.74) is 1.76. The van der Waals surface area contributed by atoms with Gasteiger partial charge in [-0.3, -0.25) is 0 Å². The molecule has 2 aliphatic rings. The fourth-order valence-corrected chi connectivity index (χ4v) is 2.29. The van der Waals surface area contributed by atoms with E-state index in [-0.39, 0.29) is 0 Å². The molecule has 0 amide bonds. The van der Waals surface area contributed by atoms with Gasteiger partial charge in [-0.1, -0.05) is 6.07 Å². The van der Waals surface area contributed by atoms with Crippen molar-refractivity contribution in [3.8, 4) is 23.0 Å². The monoisotopic (exact) mass is 272 g/mol. The molecule has 1 aliphatic carbocycles. The molecular weight excluding hydrogens is 256 g/mol. The van der Waals surface area contributed by atoms with Gasteiger partial charge in [0, 0.05) is 12.6 Å². The fraction of sp³-hybridized carbons (Fsp3) is 0.400. The van der Waals surface area contributed by atoms with Gasteiger partial charge in [0.05, 0.1) is 11.3 Å². The van der Waals surface area contributed by atoms with Crippen LogP contribution in [0.25, 0.3) is 11.5 Å². The topological polar surface area (TPSA) is 56.5 Å². The first-order chi connectivity index (χ1) is 9.90. The maximum atomic E-state index is 5.69. The summed E-state index contributed by atoms with van der Waals surface area (Å²) in [6.45, 7) is 1.89. The summed E-state index contributed by atoms with van der Waals surface area (Å²) in [6, 6.07) is 6.43. The van der Waals surface area contributed by atoms with Gasteiger partial charge in [0.25, 0.3) is 0 Å². The molecule has 1 fully saturated rings. The van der Waals surface area contributed by atoms with Crippen LogP contribution in [0.2, 0.25) is 0 Å². The summed E-state index contributed by atoms with van der Waals surface area (Å²) in [5.74, 6) is 2.06. The normalized spacial score (nSPS) is 17.2. The van der Waals surface area contributed by atoms with Crippen molar-refractivity contribution in [3.63, 3.8) is 0 Å². The Morgan fingerprint density at radius 2 is 2.10 bits per heavy atom. The Labute approximate surface area is 116 Å². The Morgan fingerprint density at radius 1 is 1.20 bits per heavy atom. The first-order valence-electron chi connectivity index (χ1n) is 6.97. The van der Waals surface area contributed by atoms with Gasteiger partial charge in [-0.15, -0.1) is 0 Å². The van der Waals surface area contributed by atoms with E-state index in [2.05, 4.69) is 10.3 Å². The Bertz CT molecular complexity index is 619. The van der Waals surface area contributed by atoms with Gasteiger partial charge in [0.1, 0.15) is 19.5 Å². The standard InChI is InChI=1S/C15H16N2O3/c1-2-12(14-13(3-1)18-6-7-19-14)15-17-11(9-20-15)8-16-10-4-5-10/h1-3,9-10,16H,4-8H2. The van der Waals surface area contributed by atoms with Crippen molar-refractivity contribution in [2.45, 2.75) is 25.4 Å². The quantitative estimate of drug-likeness (QED) is 0.926. The van der Waals surface area contributed by atoms with Crippen LogP contribution in [0.1, 0.15) is 18.5 Å². The summed E-state index contributed by atoms with van der Waals surface area (Å²) >= 11 is 0. The maximum absolute atomic E-state index is 5.69. The smallest absolute Gasteiger partial charge is 0.230 e. The molecule has 20 heavy (non-hydrogen) atoms. The Hall–Kier alpha value is -2.01. The maximum Gasteiger partial charge on any atom is 0.230 e. The lowest BCUT2D eigenvalue weighted by Crippen LogP contribution is -2.16. The minimum atomic E-state index is 0.556. The highest BCUT2D eigenvalue weighted by Gasteiger charge is 2.22. The molecule has 0 atom stereocenters. The van der Waals surface area contributed by atoms with E-state index in [4.69, 9.17) is 13.9 Å². The minimum absolute atomic E-state index is 0.556. The molecule has 2 aromatic rings. The molecule has 1 saturated carbocycles. The number of rotatable bonds is 4. The molecule has 0 bridgehead atoms. The fourth-order valence-electron chi connectivity index (χ4n) is 2.29. The van der Waals surface area contributed by atoms with Crippen LogP contribution in [-0.4, -0.2) is 24.2 Å². The van der Waals surface area contributed by atoms with Gasteiger partial charge in [0.15, 0.2) is 11.5 Å². The molecular formula is C15H16N2O3. The SMILES string of the molecule is c1cc2c(c(-c3nc(CNC4CC4)co3)c1)OCCO2. The summed E-state index contributed by atoms with van der Waals surface area (Å²) in [5, 5.41) is 3.42. The molecule has 1 N–H and O–H groups in total. The predicted octanol–water partition coefficient (Wildman–Crippen LogP) is 2.36. The van der Waals surface area contributed by atoms with Crippen molar-refractivity contribution < 1.29 is 13.9 Å². The molecule has 1 aliphatic heterocycles. The predicted molar refractivity (Wildman–Crippen MR) is 72.8 cm³/mol. The summed E-state index contributed by atoms with van der Waals surface area (Å²) in [6.07, 6.45) is 4.23. The number of nitrogens with zero attached hydrogens (tertiary/aromatic N) is 1. The summed E-state index contributed by atoms with van der Waals surface area (Å²) in [7, 11) is 0. The van der Waals surface area contributed by atoms with Gasteiger partial charge in [-0.25, -0.2) is 4.98 Å². The highest BCUT2D eigenvalue weighted by Crippen LogP contribution is 2.39. The third kappa shape index (κ3) is 2.25. The number of oxazole rings is 1. The molecule has 5 nitrogen and oxygen atoms in total. The average Bonchev–Trinajstić information content (AvgIpc) is 3.21. The zero-order chi connectivity index (χ0) is 13.4. The molecule has 0 spiro atoms. The van der Waals surface area contributed by atoms with E-state index in [1.54, 1.807) is 6.26 Å². The first-order valence-corrected chi connectivity index (χ1v) is 6.97. The minimum Gasteiger partial charge on any atom is -0.486 e. The molecule has 0 radical (unpaired) electrons. The zero-order valence-electron chi connectivity index (χ0n) is 11.1. The van der Waals surface area contributed by atoms with Crippen LogP contribution in [0, 0.1) is 0 Å². The molecule has 0 saturated heterocycles. The van der Waals surface area contributed by atoms with Crippen LogP contribution < -0.4 is 14.8 Å². The molecule has 1 aromatic carbocycles. The van der Waals surface area contributed by atoms with Gasteiger partial charge < -0.3 is 19.2 Å². The van der Waals surface area contributed by atoms with E-state index in [0.717, 1.165) is 29.3 Å². The lowest BCUT2D eigenvalue weighted by Gasteiger charge is -2.19. The molecule has 5 heteroatoms. The van der Waals surface area contributed by atoms with Crippen LogP contribution >= 0.6 is 0 Å². The number of benzene rings is 1. The van der Waals surface area contributed by atoms with E-state index < -0.39 is 0 Å². The number of para-hydroxylation sites is 1. The van der Waals surface area contributed by atoms with E-state index in [1.165, 1.54) is 12.8 Å². The zero-order valence-corrected chi connectivity index (χ0v) is 11.1. The molecule has 104 valence electrons. The number of ether oxygens (including phenoxy) is 2. The van der Waals surface area contributed by atoms with E-state index >= 15 is 0 Å². The van der Waals surface area contributed by atoms with E-state index in [1.807, 2.05) is 18.2 Å². The van der Waals surface area contributed by atoms with Gasteiger partial charge in [0.2, 0.25) is 5.89 Å². The lowest BCUT2D eigenvalue weighted by molar-refractivity contribution is 0.172. The van der Waals surface area contributed by atoms with Crippen LogP contribution in [0.4, 0.5) is 0 Å². The van der Waals surface area contributed by atoms with Gasteiger partial charge in [-0.2, -0.15) is 0 Å². The second-order valence-corrected chi connectivity index (χ2v) is 5.13.